The first kappa shape index (κ1) is 21.0. The van der Waals surface area contributed by atoms with Crippen LogP contribution in [0.5, 0.6) is 0 Å². The molecule has 1 aromatic carbocycles. The summed E-state index contributed by atoms with van der Waals surface area (Å²) in [6, 6.07) is 12.3. The number of aromatic nitrogens is 2. The van der Waals surface area contributed by atoms with Gasteiger partial charge in [0.15, 0.2) is 5.96 Å². The van der Waals surface area contributed by atoms with Crippen LogP contribution in [0.25, 0.3) is 11.5 Å². The van der Waals surface area contributed by atoms with Crippen molar-refractivity contribution in [2.45, 2.75) is 20.0 Å². The van der Waals surface area contributed by atoms with Gasteiger partial charge in [0, 0.05) is 38.6 Å². The molecule has 6 nitrogen and oxygen atoms in total. The van der Waals surface area contributed by atoms with Gasteiger partial charge in [-0.3, -0.25) is 4.99 Å². The zero-order chi connectivity index (χ0) is 18.5. The van der Waals surface area contributed by atoms with Crippen LogP contribution in [-0.2, 0) is 20.1 Å². The molecule has 7 heteroatoms. The van der Waals surface area contributed by atoms with Gasteiger partial charge >= 0.3 is 0 Å². The van der Waals surface area contributed by atoms with Gasteiger partial charge < -0.3 is 19.2 Å². The number of nitrogens with zero attached hydrogens (tertiary/aromatic N) is 4. The van der Waals surface area contributed by atoms with Gasteiger partial charge in [0.1, 0.15) is 6.26 Å². The number of aliphatic imine (C=N–C) groups is 1. The summed E-state index contributed by atoms with van der Waals surface area (Å²) < 4.78 is 7.72. The Morgan fingerprint density at radius 3 is 2.63 bits per heavy atom. The Hall–Kier alpha value is -2.29. The van der Waals surface area contributed by atoms with Crippen LogP contribution in [0.4, 0.5) is 0 Å². The summed E-state index contributed by atoms with van der Waals surface area (Å²) in [4.78, 5) is 11.0. The van der Waals surface area contributed by atoms with Crippen molar-refractivity contribution < 1.29 is 4.42 Å². The molecule has 144 valence electrons. The van der Waals surface area contributed by atoms with E-state index in [0.717, 1.165) is 23.8 Å². The topological polar surface area (TPSA) is 58.6 Å². The Bertz CT molecular complexity index is 882. The third-order valence-corrected chi connectivity index (χ3v) is 4.30. The van der Waals surface area contributed by atoms with Crippen molar-refractivity contribution in [3.63, 3.8) is 0 Å². The highest BCUT2D eigenvalue weighted by atomic mass is 127. The molecule has 0 saturated heterocycles. The van der Waals surface area contributed by atoms with Crippen LogP contribution in [0.1, 0.15) is 17.0 Å². The van der Waals surface area contributed by atoms with Crippen LogP contribution in [-0.4, -0.2) is 34.5 Å². The summed E-state index contributed by atoms with van der Waals surface area (Å²) in [5.74, 6) is 1.44. The van der Waals surface area contributed by atoms with Gasteiger partial charge in [-0.05, 0) is 31.2 Å². The molecule has 2 heterocycles. The molecule has 0 unspecified atom stereocenters. The summed E-state index contributed by atoms with van der Waals surface area (Å²) >= 11 is 0. The fourth-order valence-electron chi connectivity index (χ4n) is 2.75. The molecule has 3 aromatic rings. The molecule has 0 atom stereocenters. The fourth-order valence-corrected chi connectivity index (χ4v) is 2.75. The zero-order valence-corrected chi connectivity index (χ0v) is 18.5. The smallest absolute Gasteiger partial charge is 0.226 e. The minimum absolute atomic E-state index is 0. The van der Waals surface area contributed by atoms with E-state index < -0.39 is 0 Å². The average Bonchev–Trinajstić information content (AvgIpc) is 3.26. The van der Waals surface area contributed by atoms with Gasteiger partial charge in [0.2, 0.25) is 5.89 Å². The molecule has 0 aliphatic rings. The van der Waals surface area contributed by atoms with Gasteiger partial charge in [-0.1, -0.05) is 17.7 Å². The normalized spacial score (nSPS) is 11.2. The standard InChI is InChI=1S/C20H25N5O.HI/c1-15-7-9-16(10-8-15)19-23-17(14-26-19)12-22-20(21-2)25(4)13-18-6-5-11-24(18)3;/h5-11,14H,12-13H2,1-4H3,(H,21,22);1H. The highest BCUT2D eigenvalue weighted by Crippen LogP contribution is 2.19. The molecular formula is C20H26IN5O. The van der Waals surface area contributed by atoms with Crippen molar-refractivity contribution in [2.75, 3.05) is 14.1 Å². The van der Waals surface area contributed by atoms with Crippen molar-refractivity contribution in [3.8, 4) is 11.5 Å². The first-order valence-electron chi connectivity index (χ1n) is 8.60. The molecule has 1 N–H and O–H groups in total. The second kappa shape index (κ2) is 9.59. The van der Waals surface area contributed by atoms with Gasteiger partial charge in [-0.15, -0.1) is 24.0 Å². The van der Waals surface area contributed by atoms with E-state index in [-0.39, 0.29) is 24.0 Å². The molecule has 0 bridgehead atoms. The summed E-state index contributed by atoms with van der Waals surface area (Å²) in [6.07, 6.45) is 3.73. The Labute approximate surface area is 177 Å². The van der Waals surface area contributed by atoms with E-state index >= 15 is 0 Å². The Kier molecular flexibility index (Phi) is 7.46. The van der Waals surface area contributed by atoms with E-state index in [2.05, 4.69) is 49.9 Å². The van der Waals surface area contributed by atoms with Crippen LogP contribution in [0.2, 0.25) is 0 Å². The van der Waals surface area contributed by atoms with Gasteiger partial charge in [-0.2, -0.15) is 0 Å². The lowest BCUT2D eigenvalue weighted by atomic mass is 10.1. The van der Waals surface area contributed by atoms with E-state index in [1.165, 1.54) is 11.3 Å². The summed E-state index contributed by atoms with van der Waals surface area (Å²) in [6.45, 7) is 3.39. The number of aryl methyl sites for hydroxylation is 2. The van der Waals surface area contributed by atoms with E-state index in [4.69, 9.17) is 4.42 Å². The molecule has 0 amide bonds. The van der Waals surface area contributed by atoms with Gasteiger partial charge in [0.25, 0.3) is 0 Å². The molecule has 0 fully saturated rings. The maximum absolute atomic E-state index is 5.61. The van der Waals surface area contributed by atoms with Crippen LogP contribution < -0.4 is 5.32 Å². The van der Waals surface area contributed by atoms with E-state index in [1.54, 1.807) is 13.3 Å². The molecule has 0 aliphatic heterocycles. The quantitative estimate of drug-likeness (QED) is 0.344. The van der Waals surface area contributed by atoms with Gasteiger partial charge in [-0.25, -0.2) is 4.98 Å². The maximum atomic E-state index is 5.61. The third-order valence-electron chi connectivity index (χ3n) is 4.30. The number of halogens is 1. The average molecular weight is 479 g/mol. The van der Waals surface area contributed by atoms with Crippen LogP contribution in [0, 0.1) is 6.92 Å². The molecule has 27 heavy (non-hydrogen) atoms. The predicted octanol–water partition coefficient (Wildman–Crippen LogP) is 3.81. The van der Waals surface area contributed by atoms with E-state index in [0.29, 0.717) is 12.4 Å². The number of guanidine groups is 1. The molecule has 3 rings (SSSR count). The Morgan fingerprint density at radius 1 is 1.26 bits per heavy atom. The van der Waals surface area contributed by atoms with Crippen molar-refractivity contribution >= 4 is 29.9 Å². The first-order valence-corrected chi connectivity index (χ1v) is 8.60. The Morgan fingerprint density at radius 2 is 2.00 bits per heavy atom. The number of rotatable bonds is 5. The number of hydrogen-bond donors (Lipinski definition) is 1. The minimum atomic E-state index is 0. The third kappa shape index (κ3) is 5.35. The van der Waals surface area contributed by atoms with Crippen molar-refractivity contribution in [1.82, 2.24) is 19.8 Å². The SMILES string of the molecule is CN=C(NCc1coc(-c2ccc(C)cc2)n1)N(C)Cc1cccn1C.I. The fraction of sp³-hybridized carbons (Fsp3) is 0.300. The molecule has 2 aromatic heterocycles. The summed E-state index contributed by atoms with van der Waals surface area (Å²) in [7, 11) is 5.84. The lowest BCUT2D eigenvalue weighted by Gasteiger charge is -2.22. The number of hydrogen-bond acceptors (Lipinski definition) is 3. The molecule has 0 saturated carbocycles. The van der Waals surface area contributed by atoms with Crippen molar-refractivity contribution in [3.05, 3.63) is 65.8 Å². The maximum Gasteiger partial charge on any atom is 0.226 e. The zero-order valence-electron chi connectivity index (χ0n) is 16.1. The van der Waals surface area contributed by atoms with Crippen molar-refractivity contribution in [2.24, 2.45) is 12.0 Å². The lowest BCUT2D eigenvalue weighted by Crippen LogP contribution is -2.38. The van der Waals surface area contributed by atoms with E-state index in [9.17, 15) is 0 Å². The lowest BCUT2D eigenvalue weighted by molar-refractivity contribution is 0.461. The predicted molar refractivity (Wildman–Crippen MR) is 119 cm³/mol. The van der Waals surface area contributed by atoms with Crippen LogP contribution >= 0.6 is 24.0 Å². The highest BCUT2D eigenvalue weighted by Gasteiger charge is 2.11. The van der Waals surface area contributed by atoms with Crippen LogP contribution in [0.15, 0.2) is 58.3 Å². The molecule has 0 spiro atoms. The van der Waals surface area contributed by atoms with Crippen LogP contribution in [0.3, 0.4) is 0 Å². The van der Waals surface area contributed by atoms with E-state index in [1.807, 2.05) is 38.5 Å². The van der Waals surface area contributed by atoms with Crippen molar-refractivity contribution in [1.29, 1.82) is 0 Å². The summed E-state index contributed by atoms with van der Waals surface area (Å²) in [5, 5.41) is 3.34. The molecule has 0 aliphatic carbocycles. The van der Waals surface area contributed by atoms with Gasteiger partial charge in [0.05, 0.1) is 18.8 Å². The molecule has 0 radical (unpaired) electrons. The largest absolute Gasteiger partial charge is 0.444 e. The second-order valence-corrected chi connectivity index (χ2v) is 6.38. The number of benzene rings is 1. The monoisotopic (exact) mass is 479 g/mol. The number of nitrogens with one attached hydrogen (secondary N) is 1. The second-order valence-electron chi connectivity index (χ2n) is 6.38. The highest BCUT2D eigenvalue weighted by molar-refractivity contribution is 14.0. The summed E-state index contributed by atoms with van der Waals surface area (Å²) in [5.41, 5.74) is 4.26. The first-order chi connectivity index (χ1) is 12.6. The molecular weight excluding hydrogens is 453 g/mol. The number of oxazole rings is 1. The Balaban J connectivity index is 0.00000261. The minimum Gasteiger partial charge on any atom is -0.444 e.